The zero-order valence-corrected chi connectivity index (χ0v) is 16.0. The van der Waals surface area contributed by atoms with Crippen molar-refractivity contribution >= 4 is 11.7 Å². The molecule has 5 atom stereocenters. The molecule has 146 valence electrons. The molecule has 0 saturated carbocycles. The van der Waals surface area contributed by atoms with E-state index in [0.717, 1.165) is 36.6 Å². The number of para-hydroxylation sites is 1. The number of hydrogen-bond acceptors (Lipinski definition) is 4. The topological polar surface area (TPSA) is 52.6 Å². The molecule has 2 aliphatic carbocycles. The van der Waals surface area contributed by atoms with Crippen molar-refractivity contribution in [1.29, 1.82) is 0 Å². The van der Waals surface area contributed by atoms with Gasteiger partial charge in [0.25, 0.3) is 0 Å². The fourth-order valence-electron chi connectivity index (χ4n) is 5.89. The highest BCUT2D eigenvalue weighted by Gasteiger charge is 2.47. The summed E-state index contributed by atoms with van der Waals surface area (Å²) in [6, 6.07) is 13.5. The van der Waals surface area contributed by atoms with E-state index in [-0.39, 0.29) is 11.8 Å². The zero-order valence-electron chi connectivity index (χ0n) is 16.0. The van der Waals surface area contributed by atoms with Gasteiger partial charge in [0.2, 0.25) is 0 Å². The maximum Gasteiger partial charge on any atom is 0.128 e. The van der Waals surface area contributed by atoms with E-state index in [4.69, 9.17) is 4.74 Å². The van der Waals surface area contributed by atoms with Gasteiger partial charge in [-0.3, -0.25) is 0 Å². The van der Waals surface area contributed by atoms with Crippen LogP contribution in [-0.4, -0.2) is 18.6 Å². The lowest BCUT2D eigenvalue weighted by atomic mass is 9.72. The Hall–Kier alpha value is -3.01. The summed E-state index contributed by atoms with van der Waals surface area (Å²) in [7, 11) is 0. The van der Waals surface area contributed by atoms with Crippen LogP contribution in [-0.2, 0) is 4.79 Å². The van der Waals surface area contributed by atoms with Gasteiger partial charge in [0.1, 0.15) is 11.5 Å². The van der Waals surface area contributed by atoms with Crippen molar-refractivity contribution in [3.8, 4) is 11.5 Å². The second-order valence-corrected chi connectivity index (χ2v) is 8.58. The van der Waals surface area contributed by atoms with Crippen LogP contribution in [0.4, 0.5) is 5.69 Å². The lowest BCUT2D eigenvalue weighted by Crippen LogP contribution is -2.58. The first kappa shape index (κ1) is 16.9. The van der Waals surface area contributed by atoms with E-state index in [1.807, 2.05) is 30.3 Å². The molecule has 0 spiro atoms. The summed E-state index contributed by atoms with van der Waals surface area (Å²) in [5, 5.41) is 12.2. The van der Waals surface area contributed by atoms with Crippen LogP contribution < -0.4 is 14.7 Å². The number of benzene rings is 2. The first-order valence-electron chi connectivity index (χ1n) is 10.4. The SMILES string of the molecule is O=C([O-])[C@H]1[C@H]2CC=C[C@@H]2c2cc(Oc3ccccc3)cc3c2N1C[C@H]1CC=C[C@H]31. The molecule has 4 nitrogen and oxygen atoms in total. The van der Waals surface area contributed by atoms with Crippen LogP contribution in [0.25, 0.3) is 0 Å². The molecule has 2 aromatic carbocycles. The lowest BCUT2D eigenvalue weighted by Gasteiger charge is -2.51. The largest absolute Gasteiger partial charge is 0.548 e. The molecular formula is C25H22NO3-. The Morgan fingerprint density at radius 2 is 1.69 bits per heavy atom. The van der Waals surface area contributed by atoms with Crippen molar-refractivity contribution in [1.82, 2.24) is 0 Å². The number of ether oxygens (including phenoxy) is 1. The van der Waals surface area contributed by atoms with Crippen molar-refractivity contribution in [3.63, 3.8) is 0 Å². The molecule has 4 aliphatic rings. The Bertz CT molecular complexity index is 1020. The molecule has 0 amide bonds. The summed E-state index contributed by atoms with van der Waals surface area (Å²) in [5.74, 6) is 1.56. The molecule has 0 bridgehead atoms. The number of rotatable bonds is 3. The molecule has 4 heteroatoms. The molecule has 2 aliphatic heterocycles. The number of fused-ring (bicyclic) bond motifs is 4. The quantitative estimate of drug-likeness (QED) is 0.757. The second kappa shape index (κ2) is 6.24. The van der Waals surface area contributed by atoms with E-state index in [9.17, 15) is 9.90 Å². The number of anilines is 1. The van der Waals surface area contributed by atoms with Gasteiger partial charge in [-0.25, -0.2) is 0 Å². The van der Waals surface area contributed by atoms with Gasteiger partial charge in [-0.2, -0.15) is 0 Å². The fraction of sp³-hybridized carbons (Fsp3) is 0.320. The molecule has 2 aromatic rings. The van der Waals surface area contributed by atoms with Gasteiger partial charge >= 0.3 is 0 Å². The number of allylic oxidation sites excluding steroid dienone is 4. The number of carbonyl (C=O) groups is 1. The van der Waals surface area contributed by atoms with Crippen molar-refractivity contribution < 1.29 is 14.6 Å². The van der Waals surface area contributed by atoms with Gasteiger partial charge in [-0.15, -0.1) is 0 Å². The minimum atomic E-state index is -0.950. The third-order valence-electron chi connectivity index (χ3n) is 7.04. The maximum absolute atomic E-state index is 12.2. The molecule has 0 radical (unpaired) electrons. The highest BCUT2D eigenvalue weighted by Crippen LogP contribution is 2.56. The monoisotopic (exact) mass is 384 g/mol. The van der Waals surface area contributed by atoms with E-state index in [1.165, 1.54) is 11.1 Å². The number of carboxylic acids is 1. The van der Waals surface area contributed by atoms with E-state index >= 15 is 0 Å². The Morgan fingerprint density at radius 1 is 0.966 bits per heavy atom. The highest BCUT2D eigenvalue weighted by molar-refractivity contribution is 5.83. The number of carboxylic acid groups (broad SMARTS) is 1. The van der Waals surface area contributed by atoms with Gasteiger partial charge in [-0.1, -0.05) is 42.5 Å². The van der Waals surface area contributed by atoms with E-state index < -0.39 is 12.0 Å². The predicted molar refractivity (Wildman–Crippen MR) is 109 cm³/mol. The van der Waals surface area contributed by atoms with Crippen molar-refractivity contribution in [2.75, 3.05) is 11.4 Å². The van der Waals surface area contributed by atoms with Crippen LogP contribution in [0.3, 0.4) is 0 Å². The molecule has 0 N–H and O–H groups in total. The molecule has 0 fully saturated rings. The zero-order chi connectivity index (χ0) is 19.5. The minimum Gasteiger partial charge on any atom is -0.548 e. The average molecular weight is 384 g/mol. The first-order chi connectivity index (χ1) is 14.2. The summed E-state index contributed by atoms with van der Waals surface area (Å²) in [6.45, 7) is 0.776. The standard InChI is InChI=1S/C25H23NO3/c27-25(28)24-20-11-5-10-19(20)22-13-17(29-16-7-2-1-3-8-16)12-21-18-9-4-6-15(18)14-26(24)23(21)22/h1-5,7-10,12-13,15,18-20,24H,6,11,14H2,(H,27,28)/p-1/t15-,18+,19+,20+,24-/m1/s1. The second-order valence-electron chi connectivity index (χ2n) is 8.58. The van der Waals surface area contributed by atoms with Gasteiger partial charge in [0.05, 0.1) is 12.0 Å². The normalized spacial score (nSPS) is 30.6. The van der Waals surface area contributed by atoms with Gasteiger partial charge in [0, 0.05) is 24.1 Å². The molecular weight excluding hydrogens is 362 g/mol. The van der Waals surface area contributed by atoms with Crippen LogP contribution in [0.1, 0.15) is 35.8 Å². The smallest absolute Gasteiger partial charge is 0.128 e. The van der Waals surface area contributed by atoms with Crippen LogP contribution in [0, 0.1) is 11.8 Å². The molecule has 6 rings (SSSR count). The lowest BCUT2D eigenvalue weighted by molar-refractivity contribution is -0.309. The number of nitrogens with zero attached hydrogens (tertiary/aromatic N) is 1. The third kappa shape index (κ3) is 2.48. The summed E-state index contributed by atoms with van der Waals surface area (Å²) in [4.78, 5) is 14.3. The highest BCUT2D eigenvalue weighted by atomic mass is 16.5. The summed E-state index contributed by atoms with van der Waals surface area (Å²) in [5.41, 5.74) is 3.49. The van der Waals surface area contributed by atoms with Crippen molar-refractivity contribution in [3.05, 3.63) is 77.9 Å². The molecule has 0 saturated heterocycles. The van der Waals surface area contributed by atoms with Crippen LogP contribution >= 0.6 is 0 Å². The maximum atomic E-state index is 12.2. The number of hydrogen-bond donors (Lipinski definition) is 0. The van der Waals surface area contributed by atoms with E-state index in [0.29, 0.717) is 11.8 Å². The molecule has 0 unspecified atom stereocenters. The van der Waals surface area contributed by atoms with Gasteiger partial charge in [0.15, 0.2) is 0 Å². The predicted octanol–water partition coefficient (Wildman–Crippen LogP) is 3.75. The minimum absolute atomic E-state index is 0.0261. The molecule has 29 heavy (non-hydrogen) atoms. The van der Waals surface area contributed by atoms with Crippen LogP contribution in [0.15, 0.2) is 66.8 Å². The van der Waals surface area contributed by atoms with Crippen molar-refractivity contribution in [2.24, 2.45) is 11.8 Å². The van der Waals surface area contributed by atoms with Crippen LogP contribution in [0.2, 0.25) is 0 Å². The molecule has 0 aromatic heterocycles. The molecule has 2 heterocycles. The van der Waals surface area contributed by atoms with E-state index in [2.05, 4.69) is 41.3 Å². The Kier molecular flexibility index (Phi) is 3.64. The fourth-order valence-corrected chi connectivity index (χ4v) is 5.89. The Balaban J connectivity index is 1.54. The summed E-state index contributed by atoms with van der Waals surface area (Å²) in [6.07, 6.45) is 10.6. The summed E-state index contributed by atoms with van der Waals surface area (Å²) >= 11 is 0. The summed E-state index contributed by atoms with van der Waals surface area (Å²) < 4.78 is 6.22. The Labute approximate surface area is 170 Å². The van der Waals surface area contributed by atoms with Gasteiger partial charge < -0.3 is 19.5 Å². The van der Waals surface area contributed by atoms with Gasteiger partial charge in [-0.05, 0) is 60.1 Å². The van der Waals surface area contributed by atoms with Crippen LogP contribution in [0.5, 0.6) is 11.5 Å². The average Bonchev–Trinajstić information content (AvgIpc) is 3.38. The Morgan fingerprint density at radius 3 is 2.48 bits per heavy atom. The van der Waals surface area contributed by atoms with E-state index in [1.54, 1.807) is 0 Å². The number of carbonyl (C=O) groups excluding carboxylic acids is 1. The first-order valence-corrected chi connectivity index (χ1v) is 10.4. The van der Waals surface area contributed by atoms with Crippen molar-refractivity contribution in [2.45, 2.75) is 30.7 Å². The number of aliphatic carboxylic acids is 1. The third-order valence-corrected chi connectivity index (χ3v) is 7.04.